The largest absolute Gasteiger partial charge is 0.492 e. The molecule has 18 heavy (non-hydrogen) atoms. The quantitative estimate of drug-likeness (QED) is 0.803. The zero-order valence-corrected chi connectivity index (χ0v) is 11.9. The summed E-state index contributed by atoms with van der Waals surface area (Å²) in [7, 11) is 0. The van der Waals surface area contributed by atoms with Crippen LogP contribution in [0.25, 0.3) is 0 Å². The maximum Gasteiger partial charge on any atom is 0.266 e. The van der Waals surface area contributed by atoms with E-state index in [-0.39, 0.29) is 5.91 Å². The highest BCUT2D eigenvalue weighted by molar-refractivity contribution is 7.12. The maximum absolute atomic E-state index is 12.2. The maximum atomic E-state index is 12.2. The molecule has 0 unspecified atom stereocenters. The lowest BCUT2D eigenvalue weighted by molar-refractivity contribution is 0.0917. The van der Waals surface area contributed by atoms with Crippen LogP contribution in [0, 0.1) is 12.3 Å². The molecular weight excluding hydrogens is 246 g/mol. The lowest BCUT2D eigenvalue weighted by atomic mass is 9.94. The number of carbonyl (C=O) groups excluding carboxylic acids is 1. The smallest absolute Gasteiger partial charge is 0.266 e. The van der Waals surface area contributed by atoms with Crippen LogP contribution in [-0.4, -0.2) is 18.1 Å². The van der Waals surface area contributed by atoms with Gasteiger partial charge in [-0.25, -0.2) is 0 Å². The van der Waals surface area contributed by atoms with Crippen LogP contribution in [0.5, 0.6) is 5.75 Å². The normalized spacial score (nSPS) is 10.8. The van der Waals surface area contributed by atoms with E-state index in [2.05, 4.69) is 11.2 Å². The third kappa shape index (κ3) is 3.05. The molecule has 98 valence electrons. The Morgan fingerprint density at radius 2 is 2.17 bits per heavy atom. The molecule has 1 aromatic rings. The summed E-state index contributed by atoms with van der Waals surface area (Å²) in [4.78, 5) is 12.8. The first-order chi connectivity index (χ1) is 8.62. The van der Waals surface area contributed by atoms with Gasteiger partial charge in [-0.05, 0) is 31.2 Å². The SMILES string of the molecule is C#CC(CC)(CC)NC(=O)c1sccc1OCC. The molecule has 0 saturated heterocycles. The van der Waals surface area contributed by atoms with Gasteiger partial charge in [-0.2, -0.15) is 0 Å². The van der Waals surface area contributed by atoms with Crippen molar-refractivity contribution >= 4 is 17.2 Å². The van der Waals surface area contributed by atoms with Crippen molar-refractivity contribution in [3.8, 4) is 18.1 Å². The summed E-state index contributed by atoms with van der Waals surface area (Å²) in [6.45, 7) is 6.38. The standard InChI is InChI=1S/C14H19NO2S/c1-5-14(6-2,7-3)15-13(16)12-11(17-8-4)9-10-18-12/h1,9-10H,6-8H2,2-4H3,(H,15,16). The summed E-state index contributed by atoms with van der Waals surface area (Å²) in [6.07, 6.45) is 6.95. The van der Waals surface area contributed by atoms with Gasteiger partial charge in [-0.1, -0.05) is 19.8 Å². The van der Waals surface area contributed by atoms with Crippen molar-refractivity contribution in [2.24, 2.45) is 0 Å². The Bertz CT molecular complexity index is 441. The molecule has 0 saturated carbocycles. The first kappa shape index (κ1) is 14.6. The van der Waals surface area contributed by atoms with Gasteiger partial charge in [0.05, 0.1) is 6.61 Å². The first-order valence-corrected chi connectivity index (χ1v) is 7.01. The number of terminal acetylenes is 1. The van der Waals surface area contributed by atoms with Gasteiger partial charge < -0.3 is 10.1 Å². The van der Waals surface area contributed by atoms with Crippen molar-refractivity contribution < 1.29 is 9.53 Å². The number of nitrogens with one attached hydrogen (secondary N) is 1. The van der Waals surface area contributed by atoms with Crippen LogP contribution in [0.3, 0.4) is 0 Å². The number of carbonyl (C=O) groups is 1. The molecule has 0 aliphatic heterocycles. The zero-order valence-electron chi connectivity index (χ0n) is 11.1. The molecule has 0 atom stereocenters. The van der Waals surface area contributed by atoms with Gasteiger partial charge in [0.15, 0.2) is 0 Å². The third-order valence-corrected chi connectivity index (χ3v) is 3.87. The minimum Gasteiger partial charge on any atom is -0.492 e. The van der Waals surface area contributed by atoms with E-state index in [1.807, 2.05) is 26.2 Å². The summed E-state index contributed by atoms with van der Waals surface area (Å²) < 4.78 is 5.41. The van der Waals surface area contributed by atoms with Gasteiger partial charge in [0, 0.05) is 0 Å². The van der Waals surface area contributed by atoms with E-state index in [0.29, 0.717) is 30.1 Å². The molecule has 0 aromatic carbocycles. The van der Waals surface area contributed by atoms with E-state index in [1.165, 1.54) is 11.3 Å². The molecule has 1 rings (SSSR count). The van der Waals surface area contributed by atoms with Crippen LogP contribution in [0.2, 0.25) is 0 Å². The van der Waals surface area contributed by atoms with Crippen LogP contribution in [0.4, 0.5) is 0 Å². The van der Waals surface area contributed by atoms with E-state index in [0.717, 1.165) is 0 Å². The highest BCUT2D eigenvalue weighted by atomic mass is 32.1. The number of hydrogen-bond acceptors (Lipinski definition) is 3. The average Bonchev–Trinajstić information content (AvgIpc) is 2.85. The van der Waals surface area contributed by atoms with E-state index < -0.39 is 5.54 Å². The number of ether oxygens (including phenoxy) is 1. The monoisotopic (exact) mass is 265 g/mol. The molecule has 0 fully saturated rings. The molecule has 1 N–H and O–H groups in total. The Hall–Kier alpha value is -1.47. The third-order valence-electron chi connectivity index (χ3n) is 2.97. The van der Waals surface area contributed by atoms with Gasteiger partial charge in [0.2, 0.25) is 0 Å². The lowest BCUT2D eigenvalue weighted by Gasteiger charge is -2.26. The van der Waals surface area contributed by atoms with Crippen molar-refractivity contribution in [3.05, 3.63) is 16.3 Å². The molecule has 1 amide bonds. The minimum atomic E-state index is -0.565. The predicted octanol–water partition coefficient (Wildman–Crippen LogP) is 3.07. The van der Waals surface area contributed by atoms with Gasteiger partial charge >= 0.3 is 0 Å². The Labute approximate surface area is 113 Å². The van der Waals surface area contributed by atoms with E-state index in [9.17, 15) is 4.79 Å². The van der Waals surface area contributed by atoms with Crippen LogP contribution < -0.4 is 10.1 Å². The molecule has 0 radical (unpaired) electrons. The molecular formula is C14H19NO2S. The first-order valence-electron chi connectivity index (χ1n) is 6.13. The Morgan fingerprint density at radius 3 is 2.67 bits per heavy atom. The molecule has 3 nitrogen and oxygen atoms in total. The topological polar surface area (TPSA) is 38.3 Å². The fourth-order valence-electron chi connectivity index (χ4n) is 1.67. The number of amides is 1. The summed E-state index contributed by atoms with van der Waals surface area (Å²) in [5.41, 5.74) is -0.565. The summed E-state index contributed by atoms with van der Waals surface area (Å²) >= 11 is 1.36. The second kappa shape index (κ2) is 6.46. The Morgan fingerprint density at radius 1 is 1.50 bits per heavy atom. The Balaban J connectivity index is 2.88. The summed E-state index contributed by atoms with van der Waals surface area (Å²) in [6, 6.07) is 1.80. The second-order valence-corrected chi connectivity index (χ2v) is 4.85. The predicted molar refractivity (Wildman–Crippen MR) is 75.1 cm³/mol. The molecule has 0 bridgehead atoms. The molecule has 1 aromatic heterocycles. The molecule has 1 heterocycles. The molecule has 0 spiro atoms. The van der Waals surface area contributed by atoms with Gasteiger partial charge in [-0.3, -0.25) is 4.79 Å². The van der Waals surface area contributed by atoms with Gasteiger partial charge in [0.25, 0.3) is 5.91 Å². The fourth-order valence-corrected chi connectivity index (χ4v) is 2.40. The highest BCUT2D eigenvalue weighted by Gasteiger charge is 2.27. The van der Waals surface area contributed by atoms with Crippen LogP contribution >= 0.6 is 11.3 Å². The number of thiophene rings is 1. The summed E-state index contributed by atoms with van der Waals surface area (Å²) in [5.74, 6) is 3.16. The fraction of sp³-hybridized carbons (Fsp3) is 0.500. The summed E-state index contributed by atoms with van der Waals surface area (Å²) in [5, 5.41) is 4.78. The van der Waals surface area contributed by atoms with Crippen molar-refractivity contribution in [2.75, 3.05) is 6.61 Å². The van der Waals surface area contributed by atoms with Crippen molar-refractivity contribution in [2.45, 2.75) is 39.2 Å². The van der Waals surface area contributed by atoms with Crippen molar-refractivity contribution in [3.63, 3.8) is 0 Å². The average molecular weight is 265 g/mol. The van der Waals surface area contributed by atoms with Crippen LogP contribution in [0.1, 0.15) is 43.3 Å². The van der Waals surface area contributed by atoms with Gasteiger partial charge in [0.1, 0.15) is 16.2 Å². The van der Waals surface area contributed by atoms with Crippen molar-refractivity contribution in [1.82, 2.24) is 5.32 Å². The Kier molecular flexibility index (Phi) is 5.24. The second-order valence-electron chi connectivity index (χ2n) is 3.93. The van der Waals surface area contributed by atoms with E-state index in [4.69, 9.17) is 11.2 Å². The van der Waals surface area contributed by atoms with E-state index in [1.54, 1.807) is 6.07 Å². The van der Waals surface area contributed by atoms with Crippen molar-refractivity contribution in [1.29, 1.82) is 0 Å². The number of hydrogen-bond donors (Lipinski definition) is 1. The van der Waals surface area contributed by atoms with E-state index >= 15 is 0 Å². The molecule has 0 aliphatic rings. The zero-order chi connectivity index (χ0) is 13.6. The lowest BCUT2D eigenvalue weighted by Crippen LogP contribution is -2.46. The highest BCUT2D eigenvalue weighted by Crippen LogP contribution is 2.26. The minimum absolute atomic E-state index is 0.157. The van der Waals surface area contributed by atoms with Crippen LogP contribution in [0.15, 0.2) is 11.4 Å². The molecule has 0 aliphatic carbocycles. The molecule has 4 heteroatoms. The van der Waals surface area contributed by atoms with Gasteiger partial charge in [-0.15, -0.1) is 17.8 Å². The van der Waals surface area contributed by atoms with Crippen LogP contribution in [-0.2, 0) is 0 Å². The number of rotatable bonds is 6.